The van der Waals surface area contributed by atoms with Gasteiger partial charge in [-0.3, -0.25) is 4.99 Å². The molecule has 7 heteroatoms. The number of ether oxygens (including phenoxy) is 1. The predicted molar refractivity (Wildman–Crippen MR) is 126 cm³/mol. The number of hydrogen-bond acceptors (Lipinski definition) is 4. The van der Waals surface area contributed by atoms with Crippen LogP contribution in [-0.4, -0.2) is 57.8 Å². The quantitative estimate of drug-likeness (QED) is 0.252. The average molecular weight is 492 g/mol. The van der Waals surface area contributed by atoms with Crippen LogP contribution >= 0.6 is 35.7 Å². The first-order chi connectivity index (χ1) is 12.3. The molecule has 1 atom stereocenters. The molecule has 0 radical (unpaired) electrons. The van der Waals surface area contributed by atoms with E-state index in [1.54, 1.807) is 7.11 Å². The molecule has 2 N–H and O–H groups in total. The molecule has 1 unspecified atom stereocenters. The highest BCUT2D eigenvalue weighted by atomic mass is 127. The van der Waals surface area contributed by atoms with E-state index >= 15 is 0 Å². The van der Waals surface area contributed by atoms with Gasteiger partial charge < -0.3 is 20.3 Å². The molecule has 0 saturated carbocycles. The van der Waals surface area contributed by atoms with Crippen molar-refractivity contribution in [1.82, 2.24) is 10.6 Å². The molecule has 5 nitrogen and oxygen atoms in total. The highest BCUT2D eigenvalue weighted by Crippen LogP contribution is 2.24. The zero-order valence-electron chi connectivity index (χ0n) is 16.2. The number of methoxy groups -OCH3 is 1. The standard InChI is InChI=1S/C19H32N4OS.HI/c1-20-19(21-11-4-5-13-25-3)22-16-8-7-12-23(15-16)17-9-6-10-18(14-17)24-2;/h6,9-10,14,16H,4-5,7-8,11-13,15H2,1-3H3,(H2,20,21,22);1H. The second-order valence-electron chi connectivity index (χ2n) is 6.33. The van der Waals surface area contributed by atoms with E-state index in [-0.39, 0.29) is 24.0 Å². The maximum absolute atomic E-state index is 5.35. The summed E-state index contributed by atoms with van der Waals surface area (Å²) < 4.78 is 5.35. The second-order valence-corrected chi connectivity index (χ2v) is 7.32. The van der Waals surface area contributed by atoms with Crippen LogP contribution in [0.1, 0.15) is 25.7 Å². The Bertz CT molecular complexity index is 544. The third kappa shape index (κ3) is 7.82. The fourth-order valence-electron chi connectivity index (χ4n) is 3.10. The number of aliphatic imine (C=N–C) groups is 1. The van der Waals surface area contributed by atoms with E-state index < -0.39 is 0 Å². The minimum absolute atomic E-state index is 0. The molecule has 0 aliphatic carbocycles. The van der Waals surface area contributed by atoms with E-state index in [1.165, 1.54) is 37.1 Å². The van der Waals surface area contributed by atoms with Crippen molar-refractivity contribution in [3.63, 3.8) is 0 Å². The molecular formula is C19H33IN4OS. The number of halogens is 1. The summed E-state index contributed by atoms with van der Waals surface area (Å²) in [7, 11) is 3.56. The van der Waals surface area contributed by atoms with Crippen molar-refractivity contribution in [3.8, 4) is 5.75 Å². The molecular weight excluding hydrogens is 459 g/mol. The van der Waals surface area contributed by atoms with Crippen LogP contribution in [0.5, 0.6) is 5.75 Å². The van der Waals surface area contributed by atoms with Crippen LogP contribution in [0.15, 0.2) is 29.3 Å². The van der Waals surface area contributed by atoms with Crippen LogP contribution in [0, 0.1) is 0 Å². The molecule has 1 aromatic carbocycles. The Hall–Kier alpha value is -0.830. The van der Waals surface area contributed by atoms with Gasteiger partial charge >= 0.3 is 0 Å². The highest BCUT2D eigenvalue weighted by Gasteiger charge is 2.21. The topological polar surface area (TPSA) is 48.9 Å². The molecule has 1 aliphatic heterocycles. The van der Waals surface area contributed by atoms with Crippen LogP contribution in [0.3, 0.4) is 0 Å². The first-order valence-corrected chi connectivity index (χ1v) is 10.5. The molecule has 26 heavy (non-hydrogen) atoms. The summed E-state index contributed by atoms with van der Waals surface area (Å²) in [6.07, 6.45) is 6.94. The van der Waals surface area contributed by atoms with Crippen molar-refractivity contribution >= 4 is 47.4 Å². The number of unbranched alkanes of at least 4 members (excludes halogenated alkanes) is 1. The maximum atomic E-state index is 5.35. The molecule has 1 aliphatic rings. The lowest BCUT2D eigenvalue weighted by Gasteiger charge is -2.35. The average Bonchev–Trinajstić information content (AvgIpc) is 2.67. The number of anilines is 1. The molecule has 1 aromatic rings. The van der Waals surface area contributed by atoms with Gasteiger partial charge in [0.2, 0.25) is 0 Å². The Kier molecular flexibility index (Phi) is 11.9. The van der Waals surface area contributed by atoms with E-state index in [0.717, 1.165) is 31.3 Å². The molecule has 1 saturated heterocycles. The molecule has 0 spiro atoms. The zero-order chi connectivity index (χ0) is 17.9. The Morgan fingerprint density at radius 3 is 2.96 bits per heavy atom. The molecule has 1 fully saturated rings. The van der Waals surface area contributed by atoms with Crippen LogP contribution in [0.2, 0.25) is 0 Å². The monoisotopic (exact) mass is 492 g/mol. The number of rotatable bonds is 8. The minimum atomic E-state index is 0. The van der Waals surface area contributed by atoms with E-state index in [4.69, 9.17) is 4.74 Å². The van der Waals surface area contributed by atoms with Crippen molar-refractivity contribution < 1.29 is 4.74 Å². The first-order valence-electron chi connectivity index (χ1n) is 9.12. The second kappa shape index (κ2) is 13.4. The van der Waals surface area contributed by atoms with Crippen LogP contribution in [0.4, 0.5) is 5.69 Å². The zero-order valence-corrected chi connectivity index (χ0v) is 19.3. The Morgan fingerprint density at radius 2 is 2.23 bits per heavy atom. The van der Waals surface area contributed by atoms with Crippen molar-refractivity contribution in [2.24, 2.45) is 4.99 Å². The first kappa shape index (κ1) is 23.2. The van der Waals surface area contributed by atoms with E-state index in [1.807, 2.05) is 24.9 Å². The van der Waals surface area contributed by atoms with Gasteiger partial charge in [0.15, 0.2) is 5.96 Å². The largest absolute Gasteiger partial charge is 0.497 e. The molecule has 0 amide bonds. The SMILES string of the molecule is CN=C(NCCCCSC)NC1CCCN(c2cccc(OC)c2)C1.I. The smallest absolute Gasteiger partial charge is 0.191 e. The molecule has 2 rings (SSSR count). The van der Waals surface area contributed by atoms with Gasteiger partial charge in [-0.1, -0.05) is 6.07 Å². The van der Waals surface area contributed by atoms with Crippen LogP contribution in [-0.2, 0) is 0 Å². The number of piperidine rings is 1. The lowest BCUT2D eigenvalue weighted by atomic mass is 10.0. The van der Waals surface area contributed by atoms with E-state index in [9.17, 15) is 0 Å². The number of nitrogens with one attached hydrogen (secondary N) is 2. The summed E-state index contributed by atoms with van der Waals surface area (Å²) in [5, 5.41) is 7.03. The van der Waals surface area contributed by atoms with Crippen molar-refractivity contribution in [3.05, 3.63) is 24.3 Å². The molecule has 148 valence electrons. The van der Waals surface area contributed by atoms with E-state index in [0.29, 0.717) is 6.04 Å². The maximum Gasteiger partial charge on any atom is 0.191 e. The normalized spacial score (nSPS) is 17.4. The Balaban J connectivity index is 0.00000338. The fraction of sp³-hybridized carbons (Fsp3) is 0.632. The predicted octanol–water partition coefficient (Wildman–Crippen LogP) is 3.59. The number of nitrogens with zero attached hydrogens (tertiary/aromatic N) is 2. The number of thioether (sulfide) groups is 1. The third-order valence-corrected chi connectivity index (χ3v) is 5.17. The van der Waals surface area contributed by atoms with Gasteiger partial charge in [-0.05, 0) is 49.8 Å². The molecule has 0 bridgehead atoms. The van der Waals surface area contributed by atoms with Gasteiger partial charge in [0.05, 0.1) is 7.11 Å². The molecule has 0 aromatic heterocycles. The third-order valence-electron chi connectivity index (χ3n) is 4.47. The van der Waals surface area contributed by atoms with Gasteiger partial charge in [0.1, 0.15) is 5.75 Å². The number of hydrogen-bond donors (Lipinski definition) is 2. The lowest BCUT2D eigenvalue weighted by molar-refractivity contribution is 0.414. The van der Waals surface area contributed by atoms with Crippen molar-refractivity contribution in [2.45, 2.75) is 31.7 Å². The lowest BCUT2D eigenvalue weighted by Crippen LogP contribution is -2.51. The summed E-state index contributed by atoms with van der Waals surface area (Å²) in [6.45, 7) is 3.05. The Labute approximate surface area is 179 Å². The van der Waals surface area contributed by atoms with Gasteiger partial charge in [-0.25, -0.2) is 0 Å². The highest BCUT2D eigenvalue weighted by molar-refractivity contribution is 14.0. The molecule has 1 heterocycles. The summed E-state index contributed by atoms with van der Waals surface area (Å²) in [5.74, 6) is 3.06. The number of guanidine groups is 1. The van der Waals surface area contributed by atoms with E-state index in [2.05, 4.69) is 45.0 Å². The number of benzene rings is 1. The van der Waals surface area contributed by atoms with Crippen molar-refractivity contribution in [2.75, 3.05) is 50.7 Å². The summed E-state index contributed by atoms with van der Waals surface area (Å²) in [6, 6.07) is 8.73. The fourth-order valence-corrected chi connectivity index (χ4v) is 3.60. The van der Waals surface area contributed by atoms with Gasteiger partial charge in [0, 0.05) is 44.5 Å². The van der Waals surface area contributed by atoms with Crippen LogP contribution < -0.4 is 20.3 Å². The van der Waals surface area contributed by atoms with Gasteiger partial charge in [-0.15, -0.1) is 24.0 Å². The van der Waals surface area contributed by atoms with Gasteiger partial charge in [-0.2, -0.15) is 11.8 Å². The summed E-state index contributed by atoms with van der Waals surface area (Å²) in [4.78, 5) is 6.80. The minimum Gasteiger partial charge on any atom is -0.497 e. The van der Waals surface area contributed by atoms with Crippen LogP contribution in [0.25, 0.3) is 0 Å². The Morgan fingerprint density at radius 1 is 1.38 bits per heavy atom. The van der Waals surface area contributed by atoms with Crippen molar-refractivity contribution in [1.29, 1.82) is 0 Å². The summed E-state index contributed by atoms with van der Waals surface area (Å²) in [5.41, 5.74) is 1.23. The summed E-state index contributed by atoms with van der Waals surface area (Å²) >= 11 is 1.91. The van der Waals surface area contributed by atoms with Gasteiger partial charge in [0.25, 0.3) is 0 Å².